The Kier molecular flexibility index (Phi) is 0.963. The van der Waals surface area contributed by atoms with Crippen LogP contribution in [0.25, 0.3) is 0 Å². The van der Waals surface area contributed by atoms with Crippen LogP contribution in [0.4, 0.5) is 0 Å². The van der Waals surface area contributed by atoms with Crippen molar-refractivity contribution >= 4 is 0 Å². The zero-order chi connectivity index (χ0) is 6.48. The van der Waals surface area contributed by atoms with E-state index in [1.54, 1.807) is 0 Å². The summed E-state index contributed by atoms with van der Waals surface area (Å²) < 4.78 is 0. The summed E-state index contributed by atoms with van der Waals surface area (Å²) in [5.74, 6) is 1.57. The van der Waals surface area contributed by atoms with Crippen molar-refractivity contribution in [2.75, 3.05) is 0 Å². The fourth-order valence-corrected chi connectivity index (χ4v) is 2.24. The van der Waals surface area contributed by atoms with Crippen molar-refractivity contribution in [3.63, 3.8) is 0 Å². The van der Waals surface area contributed by atoms with Gasteiger partial charge in [0.25, 0.3) is 0 Å². The topological polar surface area (TPSA) is 20.2 Å². The van der Waals surface area contributed by atoms with Crippen molar-refractivity contribution in [2.24, 2.45) is 11.8 Å². The Morgan fingerprint density at radius 1 is 1.56 bits per heavy atom. The van der Waals surface area contributed by atoms with Gasteiger partial charge in [-0.05, 0) is 38.0 Å². The van der Waals surface area contributed by atoms with Crippen molar-refractivity contribution < 1.29 is 5.11 Å². The molecule has 0 aromatic rings. The summed E-state index contributed by atoms with van der Waals surface area (Å²) in [6.07, 6.45) is 4.95. The van der Waals surface area contributed by atoms with Gasteiger partial charge in [-0.25, -0.2) is 0 Å². The fraction of sp³-hybridized carbons (Fsp3) is 1.00. The van der Waals surface area contributed by atoms with Crippen LogP contribution >= 0.6 is 0 Å². The van der Waals surface area contributed by atoms with Crippen LogP contribution in [-0.2, 0) is 0 Å². The van der Waals surface area contributed by atoms with Gasteiger partial charge in [0.2, 0.25) is 0 Å². The van der Waals surface area contributed by atoms with Crippen LogP contribution in [0.5, 0.6) is 0 Å². The summed E-state index contributed by atoms with van der Waals surface area (Å²) in [4.78, 5) is 0. The van der Waals surface area contributed by atoms with Gasteiger partial charge in [0.15, 0.2) is 0 Å². The normalized spacial score (nSPS) is 56.7. The van der Waals surface area contributed by atoms with E-state index in [0.717, 1.165) is 12.3 Å². The van der Waals surface area contributed by atoms with E-state index in [2.05, 4.69) is 0 Å². The largest absolute Gasteiger partial charge is 0.390 e. The zero-order valence-corrected chi connectivity index (χ0v) is 5.93. The molecule has 0 saturated heterocycles. The third-order valence-electron chi connectivity index (χ3n) is 2.98. The lowest BCUT2D eigenvalue weighted by Gasteiger charge is -2.27. The molecular formula is C8H14O. The van der Waals surface area contributed by atoms with Crippen LogP contribution in [0.3, 0.4) is 0 Å². The van der Waals surface area contributed by atoms with Gasteiger partial charge in [-0.2, -0.15) is 0 Å². The van der Waals surface area contributed by atoms with E-state index >= 15 is 0 Å². The Bertz CT molecular complexity index is 129. The summed E-state index contributed by atoms with van der Waals surface area (Å²) in [5.41, 5.74) is -0.289. The molecule has 0 unspecified atom stereocenters. The Morgan fingerprint density at radius 2 is 2.33 bits per heavy atom. The summed E-state index contributed by atoms with van der Waals surface area (Å²) in [6.45, 7) is 2.00. The molecule has 1 heteroatoms. The molecule has 0 aliphatic heterocycles. The van der Waals surface area contributed by atoms with E-state index < -0.39 is 0 Å². The average Bonchev–Trinajstić information content (AvgIpc) is 2.43. The summed E-state index contributed by atoms with van der Waals surface area (Å²) >= 11 is 0. The van der Waals surface area contributed by atoms with Crippen molar-refractivity contribution in [1.29, 1.82) is 0 Å². The molecule has 0 spiro atoms. The van der Waals surface area contributed by atoms with E-state index in [0.29, 0.717) is 5.92 Å². The monoisotopic (exact) mass is 126 g/mol. The molecule has 0 radical (unpaired) electrons. The SMILES string of the molecule is C[C@]1(O)CCC[C@H]2C[C@H]21. The fourth-order valence-electron chi connectivity index (χ4n) is 2.24. The molecule has 0 aromatic heterocycles. The first-order chi connectivity index (χ1) is 4.20. The summed E-state index contributed by atoms with van der Waals surface area (Å²) in [7, 11) is 0. The third-order valence-corrected chi connectivity index (χ3v) is 2.98. The summed E-state index contributed by atoms with van der Waals surface area (Å²) in [5, 5.41) is 9.68. The van der Waals surface area contributed by atoms with Crippen molar-refractivity contribution in [2.45, 2.75) is 38.2 Å². The molecule has 2 rings (SSSR count). The highest BCUT2D eigenvalue weighted by atomic mass is 16.3. The highest BCUT2D eigenvalue weighted by Gasteiger charge is 2.51. The van der Waals surface area contributed by atoms with Gasteiger partial charge in [0.1, 0.15) is 0 Å². The standard InChI is InChI=1S/C8H14O/c1-8(9)4-2-3-6-5-7(6)8/h6-7,9H,2-5H2,1H3/t6-,7+,8-/m0/s1. The van der Waals surface area contributed by atoms with Gasteiger partial charge in [0, 0.05) is 0 Å². The lowest BCUT2D eigenvalue weighted by atomic mass is 9.86. The van der Waals surface area contributed by atoms with E-state index in [-0.39, 0.29) is 5.60 Å². The quantitative estimate of drug-likeness (QED) is 0.522. The van der Waals surface area contributed by atoms with Crippen LogP contribution in [0.2, 0.25) is 0 Å². The first kappa shape index (κ1) is 5.72. The van der Waals surface area contributed by atoms with Crippen molar-refractivity contribution in [3.05, 3.63) is 0 Å². The molecule has 3 atom stereocenters. The Hall–Kier alpha value is -0.0400. The predicted octanol–water partition coefficient (Wildman–Crippen LogP) is 1.56. The summed E-state index contributed by atoms with van der Waals surface area (Å²) in [6, 6.07) is 0. The molecule has 1 N–H and O–H groups in total. The molecule has 0 bridgehead atoms. The molecule has 2 saturated carbocycles. The van der Waals surface area contributed by atoms with Crippen LogP contribution in [0.1, 0.15) is 32.6 Å². The number of fused-ring (bicyclic) bond motifs is 1. The molecule has 9 heavy (non-hydrogen) atoms. The van der Waals surface area contributed by atoms with Gasteiger partial charge >= 0.3 is 0 Å². The second-order valence-electron chi connectivity index (χ2n) is 3.85. The Morgan fingerprint density at radius 3 is 2.89 bits per heavy atom. The lowest BCUT2D eigenvalue weighted by Crippen LogP contribution is -2.30. The van der Waals surface area contributed by atoms with Gasteiger partial charge < -0.3 is 5.11 Å². The van der Waals surface area contributed by atoms with Crippen LogP contribution in [-0.4, -0.2) is 10.7 Å². The highest BCUT2D eigenvalue weighted by molar-refractivity contribution is 5.01. The third kappa shape index (κ3) is 0.787. The molecule has 0 heterocycles. The molecule has 52 valence electrons. The number of rotatable bonds is 0. The van der Waals surface area contributed by atoms with Crippen molar-refractivity contribution in [1.82, 2.24) is 0 Å². The average molecular weight is 126 g/mol. The number of aliphatic hydroxyl groups is 1. The maximum atomic E-state index is 9.68. The van der Waals surface area contributed by atoms with Gasteiger partial charge in [-0.1, -0.05) is 6.42 Å². The zero-order valence-electron chi connectivity index (χ0n) is 5.93. The predicted molar refractivity (Wildman–Crippen MR) is 36.1 cm³/mol. The minimum Gasteiger partial charge on any atom is -0.390 e. The second-order valence-corrected chi connectivity index (χ2v) is 3.85. The maximum absolute atomic E-state index is 9.68. The first-order valence-electron chi connectivity index (χ1n) is 3.92. The Labute approximate surface area is 56.1 Å². The molecule has 0 amide bonds. The number of hydrogen-bond acceptors (Lipinski definition) is 1. The van der Waals surface area contributed by atoms with Crippen LogP contribution < -0.4 is 0 Å². The first-order valence-corrected chi connectivity index (χ1v) is 3.92. The van der Waals surface area contributed by atoms with Gasteiger partial charge in [0.05, 0.1) is 5.60 Å². The smallest absolute Gasteiger partial charge is 0.0650 e. The molecule has 2 aliphatic rings. The minimum atomic E-state index is -0.289. The molecule has 2 fully saturated rings. The van der Waals surface area contributed by atoms with Gasteiger partial charge in [-0.15, -0.1) is 0 Å². The molecular weight excluding hydrogens is 112 g/mol. The van der Waals surface area contributed by atoms with Crippen LogP contribution in [0.15, 0.2) is 0 Å². The minimum absolute atomic E-state index is 0.289. The van der Waals surface area contributed by atoms with E-state index in [9.17, 15) is 5.11 Å². The second kappa shape index (κ2) is 1.51. The van der Waals surface area contributed by atoms with Gasteiger partial charge in [-0.3, -0.25) is 0 Å². The van der Waals surface area contributed by atoms with Crippen molar-refractivity contribution in [3.8, 4) is 0 Å². The number of hydrogen-bond donors (Lipinski definition) is 1. The van der Waals surface area contributed by atoms with E-state index in [1.807, 2.05) is 6.92 Å². The lowest BCUT2D eigenvalue weighted by molar-refractivity contribution is 0.00747. The molecule has 1 nitrogen and oxygen atoms in total. The highest BCUT2D eigenvalue weighted by Crippen LogP contribution is 2.54. The van der Waals surface area contributed by atoms with E-state index in [1.165, 1.54) is 19.3 Å². The molecule has 0 aromatic carbocycles. The molecule has 2 aliphatic carbocycles. The van der Waals surface area contributed by atoms with E-state index in [4.69, 9.17) is 0 Å². The Balaban J connectivity index is 2.09. The van der Waals surface area contributed by atoms with Crippen LogP contribution in [0, 0.1) is 11.8 Å². The maximum Gasteiger partial charge on any atom is 0.0650 e.